The fourth-order valence-corrected chi connectivity index (χ4v) is 3.32. The van der Waals surface area contributed by atoms with Crippen molar-refractivity contribution in [2.75, 3.05) is 24.6 Å². The molecule has 6 nitrogen and oxygen atoms in total. The number of anilines is 1. The normalized spacial score (nSPS) is 18.5. The average molecular weight is 324 g/mol. The molecule has 2 rings (SSSR count). The molecular formula is C15H24N4O2S. The summed E-state index contributed by atoms with van der Waals surface area (Å²) in [5.41, 5.74) is 6.15. The van der Waals surface area contributed by atoms with E-state index < -0.39 is 5.60 Å². The van der Waals surface area contributed by atoms with E-state index in [4.69, 9.17) is 10.5 Å². The zero-order chi connectivity index (χ0) is 16.3. The molecule has 0 saturated carbocycles. The maximum absolute atomic E-state index is 12.0. The standard InChI is InChI=1S/C15H24N4O2S/c1-10-7-12(16)18-13(17-10)22-9-11-5-6-19(8-11)14(20)21-15(2,3)4/h7,11H,5-6,8-9H2,1-4H3,(H2,16,17,18). The van der Waals surface area contributed by atoms with Crippen molar-refractivity contribution in [1.29, 1.82) is 0 Å². The first-order chi connectivity index (χ1) is 10.2. The van der Waals surface area contributed by atoms with E-state index in [-0.39, 0.29) is 6.09 Å². The Labute approximate surface area is 135 Å². The summed E-state index contributed by atoms with van der Waals surface area (Å²) in [6.45, 7) is 9.03. The fraction of sp³-hybridized carbons (Fsp3) is 0.667. The highest BCUT2D eigenvalue weighted by Crippen LogP contribution is 2.25. The largest absolute Gasteiger partial charge is 0.444 e. The molecule has 2 heterocycles. The van der Waals surface area contributed by atoms with Crippen LogP contribution in [0.4, 0.5) is 10.6 Å². The van der Waals surface area contributed by atoms with E-state index >= 15 is 0 Å². The number of aromatic nitrogens is 2. The van der Waals surface area contributed by atoms with Crippen LogP contribution in [0.1, 0.15) is 32.9 Å². The lowest BCUT2D eigenvalue weighted by atomic mass is 10.2. The van der Waals surface area contributed by atoms with E-state index in [1.54, 1.807) is 22.7 Å². The lowest BCUT2D eigenvalue weighted by Gasteiger charge is -2.24. The van der Waals surface area contributed by atoms with Gasteiger partial charge in [-0.1, -0.05) is 11.8 Å². The van der Waals surface area contributed by atoms with Crippen LogP contribution < -0.4 is 5.73 Å². The van der Waals surface area contributed by atoms with Crippen molar-refractivity contribution in [3.05, 3.63) is 11.8 Å². The van der Waals surface area contributed by atoms with Gasteiger partial charge in [-0.2, -0.15) is 0 Å². The first kappa shape index (κ1) is 16.9. The zero-order valence-corrected chi connectivity index (χ0v) is 14.4. The summed E-state index contributed by atoms with van der Waals surface area (Å²) in [5.74, 6) is 1.81. The number of likely N-dealkylation sites (tertiary alicyclic amines) is 1. The third-order valence-electron chi connectivity index (χ3n) is 3.24. The number of nitrogen functional groups attached to an aromatic ring is 1. The molecule has 1 fully saturated rings. The third kappa shape index (κ3) is 5.05. The summed E-state index contributed by atoms with van der Waals surface area (Å²) in [7, 11) is 0. The molecule has 7 heteroatoms. The number of carbonyl (C=O) groups is 1. The van der Waals surface area contributed by atoms with Crippen LogP contribution in [0, 0.1) is 12.8 Å². The minimum absolute atomic E-state index is 0.226. The molecule has 1 atom stereocenters. The number of amides is 1. The van der Waals surface area contributed by atoms with Gasteiger partial charge in [-0.05, 0) is 40.0 Å². The van der Waals surface area contributed by atoms with Crippen LogP contribution in [0.2, 0.25) is 0 Å². The predicted molar refractivity (Wildman–Crippen MR) is 87.8 cm³/mol. The van der Waals surface area contributed by atoms with Crippen molar-refractivity contribution in [3.63, 3.8) is 0 Å². The summed E-state index contributed by atoms with van der Waals surface area (Å²) in [4.78, 5) is 22.4. The first-order valence-electron chi connectivity index (χ1n) is 7.45. The van der Waals surface area contributed by atoms with E-state index in [1.165, 1.54) is 0 Å². The molecule has 122 valence electrons. The SMILES string of the molecule is Cc1cc(N)nc(SCC2CCN(C(=O)OC(C)(C)C)C2)n1. The molecule has 1 aliphatic heterocycles. The van der Waals surface area contributed by atoms with Crippen molar-refractivity contribution in [1.82, 2.24) is 14.9 Å². The Kier molecular flexibility index (Phi) is 5.16. The minimum Gasteiger partial charge on any atom is -0.444 e. The van der Waals surface area contributed by atoms with Gasteiger partial charge in [0.1, 0.15) is 11.4 Å². The van der Waals surface area contributed by atoms with Crippen LogP contribution in [0.25, 0.3) is 0 Å². The number of carbonyl (C=O) groups excluding carboxylic acids is 1. The van der Waals surface area contributed by atoms with Gasteiger partial charge < -0.3 is 15.4 Å². The molecule has 0 radical (unpaired) electrons. The highest BCUT2D eigenvalue weighted by Gasteiger charge is 2.29. The van der Waals surface area contributed by atoms with E-state index in [0.29, 0.717) is 16.9 Å². The second kappa shape index (κ2) is 6.73. The summed E-state index contributed by atoms with van der Waals surface area (Å²) >= 11 is 1.59. The van der Waals surface area contributed by atoms with Crippen LogP contribution in [0.3, 0.4) is 0 Å². The summed E-state index contributed by atoms with van der Waals surface area (Å²) in [6.07, 6.45) is 0.754. The Morgan fingerprint density at radius 1 is 1.50 bits per heavy atom. The second-order valence-corrected chi connectivity index (χ2v) is 7.60. The Morgan fingerprint density at radius 2 is 2.23 bits per heavy atom. The molecule has 1 aromatic rings. The smallest absolute Gasteiger partial charge is 0.410 e. The van der Waals surface area contributed by atoms with Gasteiger partial charge in [0.05, 0.1) is 0 Å². The lowest BCUT2D eigenvalue weighted by molar-refractivity contribution is 0.0289. The number of thioether (sulfide) groups is 1. The minimum atomic E-state index is -0.448. The maximum Gasteiger partial charge on any atom is 0.410 e. The van der Waals surface area contributed by atoms with Gasteiger partial charge in [-0.15, -0.1) is 0 Å². The van der Waals surface area contributed by atoms with Crippen molar-refractivity contribution < 1.29 is 9.53 Å². The molecule has 1 amide bonds. The molecule has 1 aliphatic rings. The molecule has 1 aromatic heterocycles. The topological polar surface area (TPSA) is 81.3 Å². The Bertz CT molecular complexity index is 525. The van der Waals surface area contributed by atoms with Crippen molar-refractivity contribution in [3.8, 4) is 0 Å². The Morgan fingerprint density at radius 3 is 2.86 bits per heavy atom. The summed E-state index contributed by atoms with van der Waals surface area (Å²) in [5, 5.41) is 0.702. The van der Waals surface area contributed by atoms with Gasteiger partial charge in [0.2, 0.25) is 0 Å². The molecule has 0 bridgehead atoms. The van der Waals surface area contributed by atoms with Crippen LogP contribution >= 0.6 is 11.8 Å². The summed E-state index contributed by atoms with van der Waals surface area (Å²) in [6, 6.07) is 1.75. The molecular weight excluding hydrogens is 300 g/mol. The van der Waals surface area contributed by atoms with E-state index in [9.17, 15) is 4.79 Å². The highest BCUT2D eigenvalue weighted by molar-refractivity contribution is 7.99. The van der Waals surface area contributed by atoms with Crippen molar-refractivity contribution in [2.24, 2.45) is 5.92 Å². The van der Waals surface area contributed by atoms with Crippen LogP contribution in [0.15, 0.2) is 11.2 Å². The number of hydrogen-bond acceptors (Lipinski definition) is 6. The fourth-order valence-electron chi connectivity index (χ4n) is 2.28. The van der Waals surface area contributed by atoms with Gasteiger partial charge in [-0.25, -0.2) is 14.8 Å². The number of ether oxygens (including phenoxy) is 1. The number of nitrogens with zero attached hydrogens (tertiary/aromatic N) is 3. The van der Waals surface area contributed by atoms with Crippen LogP contribution in [-0.4, -0.2) is 45.4 Å². The average Bonchev–Trinajstić information content (AvgIpc) is 2.82. The van der Waals surface area contributed by atoms with Gasteiger partial charge in [0.15, 0.2) is 5.16 Å². The van der Waals surface area contributed by atoms with Crippen molar-refractivity contribution >= 4 is 23.7 Å². The van der Waals surface area contributed by atoms with Crippen LogP contribution in [0.5, 0.6) is 0 Å². The lowest BCUT2D eigenvalue weighted by Crippen LogP contribution is -2.35. The quantitative estimate of drug-likeness (QED) is 0.680. The van der Waals surface area contributed by atoms with Gasteiger partial charge in [-0.3, -0.25) is 0 Å². The molecule has 2 N–H and O–H groups in total. The molecule has 0 spiro atoms. The first-order valence-corrected chi connectivity index (χ1v) is 8.43. The van der Waals surface area contributed by atoms with Gasteiger partial charge in [0.25, 0.3) is 0 Å². The molecule has 0 aromatic carbocycles. The Hall–Kier alpha value is -1.50. The van der Waals surface area contributed by atoms with Gasteiger partial charge in [0, 0.05) is 30.6 Å². The van der Waals surface area contributed by atoms with E-state index in [0.717, 1.165) is 31.0 Å². The summed E-state index contributed by atoms with van der Waals surface area (Å²) < 4.78 is 5.40. The number of rotatable bonds is 3. The van der Waals surface area contributed by atoms with E-state index in [2.05, 4.69) is 9.97 Å². The Balaban J connectivity index is 1.82. The van der Waals surface area contributed by atoms with Gasteiger partial charge >= 0.3 is 6.09 Å². The molecule has 1 saturated heterocycles. The zero-order valence-electron chi connectivity index (χ0n) is 13.6. The third-order valence-corrected chi connectivity index (χ3v) is 4.32. The highest BCUT2D eigenvalue weighted by atomic mass is 32.2. The monoisotopic (exact) mass is 324 g/mol. The van der Waals surface area contributed by atoms with E-state index in [1.807, 2.05) is 27.7 Å². The molecule has 0 aliphatic carbocycles. The number of nitrogens with two attached hydrogens (primary N) is 1. The van der Waals surface area contributed by atoms with Crippen LogP contribution in [-0.2, 0) is 4.74 Å². The maximum atomic E-state index is 12.0. The second-order valence-electron chi connectivity index (χ2n) is 6.61. The number of hydrogen-bond donors (Lipinski definition) is 1. The van der Waals surface area contributed by atoms with Crippen molar-refractivity contribution in [2.45, 2.75) is 44.9 Å². The molecule has 1 unspecified atom stereocenters. The number of aryl methyl sites for hydroxylation is 1. The molecule has 22 heavy (non-hydrogen) atoms. The predicted octanol–water partition coefficient (Wildman–Crippen LogP) is 2.72.